The van der Waals surface area contributed by atoms with Gasteiger partial charge in [-0.15, -0.1) is 11.6 Å². The third kappa shape index (κ3) is 1.32. The molecule has 0 N–H and O–H groups in total. The van der Waals surface area contributed by atoms with Crippen molar-refractivity contribution in [3.8, 4) is 0 Å². The van der Waals surface area contributed by atoms with Crippen LogP contribution in [0, 0.1) is 5.92 Å². The van der Waals surface area contributed by atoms with E-state index in [1.165, 1.54) is 0 Å². The SMILES string of the molecule is ClC[C@@H]1CCOC1. The lowest BCUT2D eigenvalue weighted by Gasteiger charge is -1.95. The zero-order valence-electron chi connectivity index (χ0n) is 4.19. The van der Waals surface area contributed by atoms with E-state index < -0.39 is 0 Å². The van der Waals surface area contributed by atoms with Crippen LogP contribution in [0.15, 0.2) is 0 Å². The number of alkyl halides is 1. The summed E-state index contributed by atoms with van der Waals surface area (Å²) in [5.41, 5.74) is 0. The van der Waals surface area contributed by atoms with Gasteiger partial charge in [0.1, 0.15) is 0 Å². The smallest absolute Gasteiger partial charge is 0.0506 e. The average Bonchev–Trinajstić information content (AvgIpc) is 2.14. The Kier molecular flexibility index (Phi) is 1.95. The molecule has 0 amide bonds. The van der Waals surface area contributed by atoms with E-state index in [2.05, 4.69) is 0 Å². The summed E-state index contributed by atoms with van der Waals surface area (Å²) in [5, 5.41) is 0. The number of hydrogen-bond acceptors (Lipinski definition) is 1. The number of halogens is 1. The molecular weight excluding hydrogens is 112 g/mol. The van der Waals surface area contributed by atoms with Crippen molar-refractivity contribution in [2.24, 2.45) is 5.92 Å². The number of hydrogen-bond donors (Lipinski definition) is 0. The summed E-state index contributed by atoms with van der Waals surface area (Å²) in [6, 6.07) is 0. The van der Waals surface area contributed by atoms with Crippen LogP contribution >= 0.6 is 11.6 Å². The van der Waals surface area contributed by atoms with E-state index in [0.29, 0.717) is 5.92 Å². The zero-order valence-corrected chi connectivity index (χ0v) is 4.95. The Bertz CT molecular complexity index is 50.0. The van der Waals surface area contributed by atoms with E-state index in [1.54, 1.807) is 0 Å². The highest BCUT2D eigenvalue weighted by Crippen LogP contribution is 2.12. The van der Waals surface area contributed by atoms with Gasteiger partial charge < -0.3 is 4.74 Å². The first-order valence-corrected chi connectivity index (χ1v) is 3.10. The summed E-state index contributed by atoms with van der Waals surface area (Å²) in [6.45, 7) is 1.79. The van der Waals surface area contributed by atoms with Crippen LogP contribution in [0.1, 0.15) is 6.42 Å². The maximum atomic E-state index is 5.53. The Balaban J connectivity index is 2.14. The Hall–Kier alpha value is 0.250. The average molecular weight is 121 g/mol. The largest absolute Gasteiger partial charge is 0.381 e. The lowest BCUT2D eigenvalue weighted by Crippen LogP contribution is -1.98. The molecule has 0 aromatic heterocycles. The predicted molar refractivity (Wildman–Crippen MR) is 29.6 cm³/mol. The van der Waals surface area contributed by atoms with Gasteiger partial charge in [-0.1, -0.05) is 0 Å². The van der Waals surface area contributed by atoms with Gasteiger partial charge in [0.05, 0.1) is 6.61 Å². The molecule has 1 atom stereocenters. The molecule has 1 nitrogen and oxygen atoms in total. The van der Waals surface area contributed by atoms with Gasteiger partial charge in [-0.05, 0) is 12.3 Å². The molecule has 0 aliphatic carbocycles. The number of rotatable bonds is 1. The Morgan fingerprint density at radius 2 is 2.57 bits per heavy atom. The highest BCUT2D eigenvalue weighted by Gasteiger charge is 2.12. The van der Waals surface area contributed by atoms with Crippen LogP contribution in [-0.2, 0) is 4.74 Å². The van der Waals surface area contributed by atoms with E-state index in [0.717, 1.165) is 25.5 Å². The highest BCUT2D eigenvalue weighted by atomic mass is 35.5. The van der Waals surface area contributed by atoms with Crippen molar-refractivity contribution in [2.45, 2.75) is 6.42 Å². The predicted octanol–water partition coefficient (Wildman–Crippen LogP) is 1.26. The lowest BCUT2D eigenvalue weighted by molar-refractivity contribution is 0.189. The van der Waals surface area contributed by atoms with E-state index in [4.69, 9.17) is 16.3 Å². The minimum absolute atomic E-state index is 0.640. The molecule has 1 heterocycles. The Labute approximate surface area is 48.6 Å². The molecule has 0 aromatic rings. The first-order valence-electron chi connectivity index (χ1n) is 2.57. The van der Waals surface area contributed by atoms with Crippen LogP contribution < -0.4 is 0 Å². The fraction of sp³-hybridized carbons (Fsp3) is 1.00. The van der Waals surface area contributed by atoms with Gasteiger partial charge in [0.25, 0.3) is 0 Å². The first-order chi connectivity index (χ1) is 3.43. The van der Waals surface area contributed by atoms with Crippen molar-refractivity contribution in [2.75, 3.05) is 19.1 Å². The van der Waals surface area contributed by atoms with Crippen LogP contribution in [0.2, 0.25) is 0 Å². The summed E-state index contributed by atoms with van der Waals surface area (Å²) in [5.74, 6) is 1.40. The Morgan fingerprint density at radius 3 is 2.86 bits per heavy atom. The van der Waals surface area contributed by atoms with Crippen LogP contribution in [0.5, 0.6) is 0 Å². The second kappa shape index (κ2) is 2.53. The minimum Gasteiger partial charge on any atom is -0.381 e. The van der Waals surface area contributed by atoms with E-state index in [1.807, 2.05) is 0 Å². The van der Waals surface area contributed by atoms with Crippen molar-refractivity contribution in [3.05, 3.63) is 0 Å². The molecule has 1 aliphatic rings. The molecule has 7 heavy (non-hydrogen) atoms. The van der Waals surface area contributed by atoms with Crippen molar-refractivity contribution in [1.29, 1.82) is 0 Å². The first kappa shape index (κ1) is 5.39. The number of ether oxygens (including phenoxy) is 1. The molecule has 42 valence electrons. The van der Waals surface area contributed by atoms with E-state index >= 15 is 0 Å². The molecule has 1 saturated heterocycles. The summed E-state index contributed by atoms with van der Waals surface area (Å²) >= 11 is 5.53. The van der Waals surface area contributed by atoms with Crippen LogP contribution in [0.25, 0.3) is 0 Å². The summed E-state index contributed by atoms with van der Waals surface area (Å²) in [7, 11) is 0. The van der Waals surface area contributed by atoms with Gasteiger partial charge >= 0.3 is 0 Å². The van der Waals surface area contributed by atoms with Gasteiger partial charge in [-0.25, -0.2) is 0 Å². The molecule has 1 aliphatic heterocycles. The third-order valence-electron chi connectivity index (χ3n) is 1.24. The monoisotopic (exact) mass is 120 g/mol. The lowest BCUT2D eigenvalue weighted by atomic mass is 10.2. The minimum atomic E-state index is 0.640. The zero-order chi connectivity index (χ0) is 5.11. The highest BCUT2D eigenvalue weighted by molar-refractivity contribution is 6.18. The molecule has 0 bridgehead atoms. The second-order valence-electron chi connectivity index (χ2n) is 1.88. The van der Waals surface area contributed by atoms with Crippen LogP contribution in [0.4, 0.5) is 0 Å². The van der Waals surface area contributed by atoms with Crippen molar-refractivity contribution in [3.63, 3.8) is 0 Å². The quantitative estimate of drug-likeness (QED) is 0.474. The molecule has 0 aromatic carbocycles. The third-order valence-corrected chi connectivity index (χ3v) is 1.68. The van der Waals surface area contributed by atoms with Gasteiger partial charge in [0, 0.05) is 12.5 Å². The molecule has 0 radical (unpaired) electrons. The fourth-order valence-electron chi connectivity index (χ4n) is 0.705. The fourth-order valence-corrected chi connectivity index (χ4v) is 0.948. The standard InChI is InChI=1S/C5H9ClO/c6-3-5-1-2-7-4-5/h5H,1-4H2/t5-/m0/s1. The molecule has 1 fully saturated rings. The maximum Gasteiger partial charge on any atom is 0.0506 e. The van der Waals surface area contributed by atoms with Gasteiger partial charge in [0.2, 0.25) is 0 Å². The molecule has 2 heteroatoms. The maximum absolute atomic E-state index is 5.53. The summed E-state index contributed by atoms with van der Waals surface area (Å²) in [4.78, 5) is 0. The Morgan fingerprint density at radius 1 is 1.71 bits per heavy atom. The van der Waals surface area contributed by atoms with Crippen molar-refractivity contribution < 1.29 is 4.74 Å². The van der Waals surface area contributed by atoms with Gasteiger partial charge in [-0.3, -0.25) is 0 Å². The van der Waals surface area contributed by atoms with E-state index in [9.17, 15) is 0 Å². The van der Waals surface area contributed by atoms with Crippen molar-refractivity contribution >= 4 is 11.6 Å². The van der Waals surface area contributed by atoms with Gasteiger partial charge in [-0.2, -0.15) is 0 Å². The molecule has 0 saturated carbocycles. The van der Waals surface area contributed by atoms with E-state index in [-0.39, 0.29) is 0 Å². The topological polar surface area (TPSA) is 9.23 Å². The summed E-state index contributed by atoms with van der Waals surface area (Å²) < 4.78 is 5.06. The summed E-state index contributed by atoms with van der Waals surface area (Å²) in [6.07, 6.45) is 1.16. The van der Waals surface area contributed by atoms with Gasteiger partial charge in [0.15, 0.2) is 0 Å². The van der Waals surface area contributed by atoms with Crippen LogP contribution in [0.3, 0.4) is 0 Å². The van der Waals surface area contributed by atoms with Crippen LogP contribution in [-0.4, -0.2) is 19.1 Å². The molecule has 0 unspecified atom stereocenters. The molecular formula is C5H9ClO. The molecule has 0 spiro atoms. The second-order valence-corrected chi connectivity index (χ2v) is 2.19. The molecule has 1 rings (SSSR count). The normalized spacial score (nSPS) is 31.3. The van der Waals surface area contributed by atoms with Crippen molar-refractivity contribution in [1.82, 2.24) is 0 Å².